The van der Waals surface area contributed by atoms with Gasteiger partial charge in [-0.25, -0.2) is 4.79 Å². The summed E-state index contributed by atoms with van der Waals surface area (Å²) in [5.41, 5.74) is 1.22. The molecule has 2 aromatic carbocycles. The number of likely N-dealkylation sites (N-methyl/N-ethyl adjacent to an activating group) is 1. The molecule has 1 saturated heterocycles. The number of benzene rings is 2. The van der Waals surface area contributed by atoms with E-state index in [1.165, 1.54) is 4.90 Å². The molecule has 0 unspecified atom stereocenters. The first-order valence-corrected chi connectivity index (χ1v) is 11.8. The molecule has 0 radical (unpaired) electrons. The molecular weight excluding hydrogens is 497 g/mol. The first-order chi connectivity index (χ1) is 15.4. The molecule has 1 fully saturated rings. The van der Waals surface area contributed by atoms with Gasteiger partial charge in [-0.05, 0) is 56.7 Å². The van der Waals surface area contributed by atoms with E-state index in [-0.39, 0.29) is 25.9 Å². The summed E-state index contributed by atoms with van der Waals surface area (Å²) in [6.07, 6.45) is -0.531. The summed E-state index contributed by atoms with van der Waals surface area (Å²) in [5.74, 6) is -0.149. The van der Waals surface area contributed by atoms with E-state index in [9.17, 15) is 9.59 Å². The molecule has 1 aliphatic heterocycles. The van der Waals surface area contributed by atoms with Crippen LogP contribution >= 0.6 is 34.8 Å². The van der Waals surface area contributed by atoms with Crippen molar-refractivity contribution in [3.05, 3.63) is 63.1 Å². The second kappa shape index (κ2) is 11.5. The smallest absolute Gasteiger partial charge is 0.410 e. The second-order valence-electron chi connectivity index (χ2n) is 9.03. The fourth-order valence-electron chi connectivity index (χ4n) is 3.69. The summed E-state index contributed by atoms with van der Waals surface area (Å²) >= 11 is 18.7. The monoisotopic (exact) mass is 527 g/mol. The van der Waals surface area contributed by atoms with Gasteiger partial charge in [-0.1, -0.05) is 54.4 Å². The van der Waals surface area contributed by atoms with Crippen molar-refractivity contribution in [2.24, 2.45) is 0 Å². The molecule has 0 N–H and O–H groups in total. The van der Waals surface area contributed by atoms with Crippen LogP contribution in [0.2, 0.25) is 15.1 Å². The van der Waals surface area contributed by atoms with Crippen molar-refractivity contribution < 1.29 is 14.3 Å². The third-order valence-corrected chi connectivity index (χ3v) is 6.07. The molecule has 9 heteroatoms. The number of ether oxygens (including phenoxy) is 1. The molecule has 3 rings (SSSR count). The van der Waals surface area contributed by atoms with Gasteiger partial charge in [0.15, 0.2) is 0 Å². The number of carbonyl (C=O) groups is 2. The molecule has 34 heavy (non-hydrogen) atoms. The molecule has 6 nitrogen and oxygen atoms in total. The van der Waals surface area contributed by atoms with Gasteiger partial charge in [0, 0.05) is 36.7 Å². The van der Waals surface area contributed by atoms with Crippen molar-refractivity contribution in [1.82, 2.24) is 9.80 Å². The van der Waals surface area contributed by atoms with Crippen molar-refractivity contribution in [2.45, 2.75) is 39.8 Å². The Morgan fingerprint density at radius 3 is 2.24 bits per heavy atom. The third-order valence-electron chi connectivity index (χ3n) is 5.28. The molecule has 2 amide bonds. The van der Waals surface area contributed by atoms with E-state index >= 15 is 0 Å². The Morgan fingerprint density at radius 1 is 1.03 bits per heavy atom. The lowest BCUT2D eigenvalue weighted by Crippen LogP contribution is -2.53. The molecular formula is C25H32Cl3N3O3. The number of anilines is 1. The molecule has 0 spiro atoms. The zero-order chi connectivity index (χ0) is 24.3. The molecule has 0 aromatic heterocycles. The third kappa shape index (κ3) is 7.17. The molecule has 0 aliphatic carbocycles. The predicted molar refractivity (Wildman–Crippen MR) is 140 cm³/mol. The normalized spacial score (nSPS) is 16.0. The van der Waals surface area contributed by atoms with E-state index in [0.717, 1.165) is 11.3 Å². The second-order valence-corrected chi connectivity index (χ2v) is 10.3. The standard InChI is InChI=1S/C24H28Cl3N3O3.CH4/c1-24(2,3)33-23(32)28(4)15-22(31)29-11-12-30(20-10-9-18(26)13-19(20)27)21(14-29)16-5-7-17(25)8-6-16;/h5-10,13,21H,11-12,14-15H2,1-4H3;1H4/t21-;/m0./s1. The quantitative estimate of drug-likeness (QED) is 0.452. The van der Waals surface area contributed by atoms with E-state index in [4.69, 9.17) is 39.5 Å². The SMILES string of the molecule is C.CN(CC(=O)N1CCN(c2ccc(Cl)cc2Cl)[C@H](c2ccc(Cl)cc2)C1)C(=O)OC(C)(C)C. The number of piperazine rings is 1. The maximum atomic E-state index is 13.1. The average molecular weight is 529 g/mol. The van der Waals surface area contributed by atoms with Crippen molar-refractivity contribution in [3.8, 4) is 0 Å². The zero-order valence-corrected chi connectivity index (χ0v) is 21.4. The Labute approximate surface area is 217 Å². The van der Waals surface area contributed by atoms with Gasteiger partial charge in [0.05, 0.1) is 16.8 Å². The molecule has 2 aromatic rings. The number of halogens is 3. The minimum Gasteiger partial charge on any atom is -0.444 e. The van der Waals surface area contributed by atoms with Crippen molar-refractivity contribution in [3.63, 3.8) is 0 Å². The Morgan fingerprint density at radius 2 is 1.65 bits per heavy atom. The Bertz CT molecular complexity index is 1010. The number of hydrogen-bond acceptors (Lipinski definition) is 4. The summed E-state index contributed by atoms with van der Waals surface area (Å²) < 4.78 is 5.36. The van der Waals surface area contributed by atoms with Crippen LogP contribution in [-0.2, 0) is 9.53 Å². The highest BCUT2D eigenvalue weighted by Gasteiger charge is 2.33. The molecule has 186 valence electrons. The lowest BCUT2D eigenvalue weighted by molar-refractivity contribution is -0.133. The molecule has 1 heterocycles. The van der Waals surface area contributed by atoms with Crippen molar-refractivity contribution in [2.75, 3.05) is 38.1 Å². The van der Waals surface area contributed by atoms with E-state index in [2.05, 4.69) is 4.90 Å². The van der Waals surface area contributed by atoms with Gasteiger partial charge < -0.3 is 19.4 Å². The van der Waals surface area contributed by atoms with Crippen LogP contribution in [0, 0.1) is 0 Å². The van der Waals surface area contributed by atoms with Crippen LogP contribution in [0.15, 0.2) is 42.5 Å². The first kappa shape index (κ1) is 28.1. The highest BCUT2D eigenvalue weighted by molar-refractivity contribution is 6.36. The van der Waals surface area contributed by atoms with Crippen LogP contribution in [-0.4, -0.2) is 60.6 Å². The lowest BCUT2D eigenvalue weighted by atomic mass is 10.0. The highest BCUT2D eigenvalue weighted by Crippen LogP contribution is 2.36. The van der Waals surface area contributed by atoms with Crippen LogP contribution in [0.5, 0.6) is 0 Å². The van der Waals surface area contributed by atoms with E-state index in [1.807, 2.05) is 30.3 Å². The first-order valence-electron chi connectivity index (χ1n) is 10.6. The molecule has 1 aliphatic rings. The topological polar surface area (TPSA) is 53.1 Å². The van der Waals surface area contributed by atoms with Gasteiger partial charge in [-0.3, -0.25) is 4.79 Å². The van der Waals surface area contributed by atoms with Gasteiger partial charge >= 0.3 is 6.09 Å². The average Bonchev–Trinajstić information content (AvgIpc) is 2.73. The number of hydrogen-bond donors (Lipinski definition) is 0. The van der Waals surface area contributed by atoms with Gasteiger partial charge in [0.2, 0.25) is 5.91 Å². The zero-order valence-electron chi connectivity index (χ0n) is 19.1. The summed E-state index contributed by atoms with van der Waals surface area (Å²) in [7, 11) is 1.56. The van der Waals surface area contributed by atoms with Crippen LogP contribution in [0.4, 0.5) is 10.5 Å². The van der Waals surface area contributed by atoms with Crippen molar-refractivity contribution >= 4 is 52.5 Å². The predicted octanol–water partition coefficient (Wildman–Crippen LogP) is 6.54. The molecule has 0 saturated carbocycles. The largest absolute Gasteiger partial charge is 0.444 e. The van der Waals surface area contributed by atoms with E-state index < -0.39 is 11.7 Å². The van der Waals surface area contributed by atoms with Crippen LogP contribution in [0.1, 0.15) is 39.8 Å². The summed E-state index contributed by atoms with van der Waals surface area (Å²) in [5, 5.41) is 1.74. The number of amides is 2. The maximum absolute atomic E-state index is 13.1. The minimum absolute atomic E-state index is 0. The number of nitrogens with zero attached hydrogens (tertiary/aromatic N) is 3. The highest BCUT2D eigenvalue weighted by atomic mass is 35.5. The van der Waals surface area contributed by atoms with Crippen LogP contribution < -0.4 is 4.90 Å². The van der Waals surface area contributed by atoms with Crippen LogP contribution in [0.25, 0.3) is 0 Å². The van der Waals surface area contributed by atoms with E-state index in [0.29, 0.717) is 34.7 Å². The Kier molecular flexibility index (Phi) is 9.52. The van der Waals surface area contributed by atoms with Gasteiger partial charge in [0.1, 0.15) is 12.1 Å². The summed E-state index contributed by atoms with van der Waals surface area (Å²) in [6.45, 7) is 6.79. The van der Waals surface area contributed by atoms with E-state index in [1.54, 1.807) is 44.9 Å². The molecule has 0 bridgehead atoms. The number of rotatable bonds is 4. The number of carbonyl (C=O) groups excluding carboxylic acids is 2. The maximum Gasteiger partial charge on any atom is 0.410 e. The van der Waals surface area contributed by atoms with Gasteiger partial charge in [0.25, 0.3) is 0 Å². The minimum atomic E-state index is -0.627. The van der Waals surface area contributed by atoms with Crippen LogP contribution in [0.3, 0.4) is 0 Å². The summed E-state index contributed by atoms with van der Waals surface area (Å²) in [6, 6.07) is 12.8. The molecule has 1 atom stereocenters. The lowest BCUT2D eigenvalue weighted by Gasteiger charge is -2.43. The Balaban J connectivity index is 0.00000408. The Hall–Kier alpha value is -2.15. The fourth-order valence-corrected chi connectivity index (χ4v) is 4.33. The summed E-state index contributed by atoms with van der Waals surface area (Å²) in [4.78, 5) is 30.6. The van der Waals surface area contributed by atoms with Gasteiger partial charge in [-0.15, -0.1) is 0 Å². The van der Waals surface area contributed by atoms with Crippen molar-refractivity contribution in [1.29, 1.82) is 0 Å². The van der Waals surface area contributed by atoms with Gasteiger partial charge in [-0.2, -0.15) is 0 Å². The fraction of sp³-hybridized carbons (Fsp3) is 0.440.